The van der Waals surface area contributed by atoms with Gasteiger partial charge in [-0.1, -0.05) is 49.0 Å². The first-order valence-corrected chi connectivity index (χ1v) is 12.3. The van der Waals surface area contributed by atoms with Crippen molar-refractivity contribution in [1.29, 1.82) is 10.5 Å². The second kappa shape index (κ2) is 11.8. The lowest BCUT2D eigenvalue weighted by Gasteiger charge is -2.28. The third-order valence-electron chi connectivity index (χ3n) is 6.21. The molecule has 1 aliphatic rings. The fourth-order valence-corrected chi connectivity index (χ4v) is 5.41. The van der Waals surface area contributed by atoms with Crippen molar-refractivity contribution in [2.24, 2.45) is 5.73 Å². The van der Waals surface area contributed by atoms with Crippen LogP contribution in [-0.2, 0) is 11.2 Å². The van der Waals surface area contributed by atoms with Crippen LogP contribution in [0.2, 0.25) is 0 Å². The molecule has 0 radical (unpaired) electrons. The molecule has 3 rings (SSSR count). The number of thioether (sulfide) groups is 1. The highest BCUT2D eigenvalue weighted by Crippen LogP contribution is 2.39. The maximum Gasteiger partial charge on any atom is 0.235 e. The number of aliphatic hydroxyl groups excluding tert-OH is 1. The molecule has 0 bridgehead atoms. The zero-order chi connectivity index (χ0) is 24.7. The number of rotatable bonds is 10. The molecule has 1 unspecified atom stereocenters. The predicted molar refractivity (Wildman–Crippen MR) is 132 cm³/mol. The number of benzene rings is 1. The Balaban J connectivity index is 1.98. The molecule has 1 aliphatic heterocycles. The van der Waals surface area contributed by atoms with Gasteiger partial charge >= 0.3 is 0 Å². The molecule has 0 saturated carbocycles. The van der Waals surface area contributed by atoms with E-state index in [1.165, 1.54) is 0 Å². The van der Waals surface area contributed by atoms with E-state index in [4.69, 9.17) is 10.7 Å². The monoisotopic (exact) mass is 478 g/mol. The van der Waals surface area contributed by atoms with E-state index in [9.17, 15) is 20.4 Å². The van der Waals surface area contributed by atoms with Crippen LogP contribution in [-0.4, -0.2) is 60.2 Å². The summed E-state index contributed by atoms with van der Waals surface area (Å²) < 4.78 is 0. The minimum atomic E-state index is -0.716. The lowest BCUT2D eigenvalue weighted by atomic mass is 10.0. The van der Waals surface area contributed by atoms with Gasteiger partial charge in [0.2, 0.25) is 5.91 Å². The van der Waals surface area contributed by atoms with Crippen LogP contribution in [0.1, 0.15) is 47.3 Å². The average Bonchev–Trinajstić information content (AvgIpc) is 3.32. The van der Waals surface area contributed by atoms with Crippen LogP contribution in [0.15, 0.2) is 35.4 Å². The van der Waals surface area contributed by atoms with Crippen molar-refractivity contribution in [2.75, 3.05) is 38.2 Å². The van der Waals surface area contributed by atoms with Gasteiger partial charge in [0.15, 0.2) is 0 Å². The first-order valence-electron chi connectivity index (χ1n) is 11.4. The Morgan fingerprint density at radius 1 is 1.32 bits per heavy atom. The Morgan fingerprint density at radius 2 is 2.03 bits per heavy atom. The van der Waals surface area contributed by atoms with Crippen molar-refractivity contribution < 1.29 is 9.90 Å². The Hall–Kier alpha value is -3.11. The van der Waals surface area contributed by atoms with Crippen LogP contribution in [0.3, 0.4) is 0 Å². The number of pyridine rings is 1. The van der Waals surface area contributed by atoms with E-state index in [0.717, 1.165) is 43.3 Å². The number of nitrogens with two attached hydrogens (primary N) is 1. The number of likely N-dealkylation sites (N-methyl/N-ethyl adjacent to an activating group) is 1. The van der Waals surface area contributed by atoms with Gasteiger partial charge in [-0.25, -0.2) is 4.98 Å². The number of nitriles is 2. The van der Waals surface area contributed by atoms with E-state index in [0.29, 0.717) is 40.5 Å². The number of nitrogens with zero attached hydrogens (tertiary/aromatic N) is 5. The molecule has 34 heavy (non-hydrogen) atoms. The number of likely N-dealkylation sites (tertiary alicyclic amines) is 1. The minimum Gasteiger partial charge on any atom is -0.395 e. The van der Waals surface area contributed by atoms with Gasteiger partial charge < -0.3 is 15.7 Å². The van der Waals surface area contributed by atoms with E-state index in [2.05, 4.69) is 17.0 Å². The number of aromatic nitrogens is 1. The molecule has 1 amide bonds. The van der Waals surface area contributed by atoms with Crippen LogP contribution in [0.5, 0.6) is 0 Å². The SMILES string of the molecule is CCc1c(C#N)c(SC(C(N)=O)c2ccccc2)nc(N(C)CCN2CCC[C@@H]2CO)c1C#N. The van der Waals surface area contributed by atoms with Gasteiger partial charge in [0, 0.05) is 26.2 Å². The van der Waals surface area contributed by atoms with Crippen molar-refractivity contribution in [1.82, 2.24) is 9.88 Å². The average molecular weight is 479 g/mol. The number of hydrogen-bond donors (Lipinski definition) is 2. The molecule has 1 aromatic carbocycles. The Labute approximate surface area is 205 Å². The summed E-state index contributed by atoms with van der Waals surface area (Å²) in [5, 5.41) is 29.2. The Morgan fingerprint density at radius 3 is 2.62 bits per heavy atom. The standard InChI is InChI=1S/C25H30N6O2S/c1-3-19-20(14-26)24(30(2)12-13-31-11-7-10-18(31)16-32)29-25(21(19)15-27)34-22(23(28)33)17-8-5-4-6-9-17/h4-6,8-9,18,22,32H,3,7,10-13,16H2,1-2H3,(H2,28,33)/t18-,22?/m1/s1. The maximum absolute atomic E-state index is 12.3. The Kier molecular flexibility index (Phi) is 8.89. The van der Waals surface area contributed by atoms with Crippen molar-refractivity contribution in [3.8, 4) is 12.1 Å². The van der Waals surface area contributed by atoms with Crippen molar-refractivity contribution in [3.63, 3.8) is 0 Å². The number of primary amides is 1. The van der Waals surface area contributed by atoms with Gasteiger partial charge in [-0.05, 0) is 36.9 Å². The molecule has 0 spiro atoms. The highest BCUT2D eigenvalue weighted by Gasteiger charge is 2.28. The maximum atomic E-state index is 12.3. The fourth-order valence-electron chi connectivity index (χ4n) is 4.36. The lowest BCUT2D eigenvalue weighted by molar-refractivity contribution is -0.117. The van der Waals surface area contributed by atoms with Gasteiger partial charge in [0.05, 0.1) is 17.7 Å². The predicted octanol–water partition coefficient (Wildman–Crippen LogP) is 2.60. The summed E-state index contributed by atoms with van der Waals surface area (Å²) >= 11 is 1.14. The van der Waals surface area contributed by atoms with Crippen molar-refractivity contribution in [3.05, 3.63) is 52.6 Å². The molecule has 3 N–H and O–H groups in total. The van der Waals surface area contributed by atoms with Gasteiger partial charge in [0.1, 0.15) is 28.2 Å². The van der Waals surface area contributed by atoms with Crippen molar-refractivity contribution >= 4 is 23.5 Å². The van der Waals surface area contributed by atoms with Gasteiger partial charge in [0.25, 0.3) is 0 Å². The molecule has 9 heteroatoms. The highest BCUT2D eigenvalue weighted by molar-refractivity contribution is 8.00. The van der Waals surface area contributed by atoms with Gasteiger partial charge in [-0.15, -0.1) is 0 Å². The van der Waals surface area contributed by atoms with Crippen LogP contribution in [0, 0.1) is 22.7 Å². The van der Waals surface area contributed by atoms with E-state index < -0.39 is 11.2 Å². The lowest BCUT2D eigenvalue weighted by Crippen LogP contribution is -2.38. The number of carbonyl (C=O) groups excluding carboxylic acids is 1. The van der Waals surface area contributed by atoms with Crippen LogP contribution < -0.4 is 10.6 Å². The van der Waals surface area contributed by atoms with E-state index in [1.54, 1.807) is 0 Å². The summed E-state index contributed by atoms with van der Waals surface area (Å²) in [4.78, 5) is 21.2. The number of anilines is 1. The molecule has 1 saturated heterocycles. The van der Waals surface area contributed by atoms with Crippen LogP contribution in [0.4, 0.5) is 5.82 Å². The first-order chi connectivity index (χ1) is 16.4. The van der Waals surface area contributed by atoms with E-state index in [1.807, 2.05) is 49.2 Å². The summed E-state index contributed by atoms with van der Waals surface area (Å²) in [6, 6.07) is 13.8. The number of carbonyl (C=O) groups is 1. The number of aliphatic hydroxyl groups is 1. The number of amides is 1. The molecule has 2 aromatic rings. The first kappa shape index (κ1) is 25.5. The minimum absolute atomic E-state index is 0.136. The fraction of sp³-hybridized carbons (Fsp3) is 0.440. The molecule has 178 valence electrons. The molecule has 2 atom stereocenters. The topological polar surface area (TPSA) is 130 Å². The molecule has 8 nitrogen and oxygen atoms in total. The quantitative estimate of drug-likeness (QED) is 0.498. The highest BCUT2D eigenvalue weighted by atomic mass is 32.2. The van der Waals surface area contributed by atoms with Crippen LogP contribution in [0.25, 0.3) is 0 Å². The van der Waals surface area contributed by atoms with Crippen molar-refractivity contribution in [2.45, 2.75) is 42.5 Å². The third-order valence-corrected chi connectivity index (χ3v) is 7.47. The normalized spacial score (nSPS) is 16.6. The third kappa shape index (κ3) is 5.51. The molecular formula is C25H30N6O2S. The van der Waals surface area contributed by atoms with E-state index >= 15 is 0 Å². The summed E-state index contributed by atoms with van der Waals surface area (Å²) in [7, 11) is 1.87. The second-order valence-corrected chi connectivity index (χ2v) is 9.39. The Bertz CT molecular complexity index is 1100. The molecule has 1 fully saturated rings. The van der Waals surface area contributed by atoms with E-state index in [-0.39, 0.29) is 12.6 Å². The second-order valence-electron chi connectivity index (χ2n) is 8.29. The zero-order valence-electron chi connectivity index (χ0n) is 19.6. The smallest absolute Gasteiger partial charge is 0.235 e. The molecule has 1 aromatic heterocycles. The zero-order valence-corrected chi connectivity index (χ0v) is 20.4. The van der Waals surface area contributed by atoms with Gasteiger partial charge in [-0.3, -0.25) is 9.69 Å². The molecular weight excluding hydrogens is 448 g/mol. The molecule has 2 heterocycles. The largest absolute Gasteiger partial charge is 0.395 e. The van der Waals surface area contributed by atoms with Crippen LogP contribution >= 0.6 is 11.8 Å². The summed E-state index contributed by atoms with van der Waals surface area (Å²) in [5.74, 6) is -0.0415. The number of hydrogen-bond acceptors (Lipinski definition) is 8. The van der Waals surface area contributed by atoms with Gasteiger partial charge in [-0.2, -0.15) is 10.5 Å². The summed E-state index contributed by atoms with van der Waals surface area (Å²) in [6.07, 6.45) is 2.52. The summed E-state index contributed by atoms with van der Waals surface area (Å²) in [5.41, 5.74) is 7.75. The molecule has 0 aliphatic carbocycles. The summed E-state index contributed by atoms with van der Waals surface area (Å²) in [6.45, 7) is 4.30.